The summed E-state index contributed by atoms with van der Waals surface area (Å²) in [7, 11) is 1.55. The number of para-hydroxylation sites is 2. The molecule has 0 aliphatic carbocycles. The number of rotatable bonds is 7. The van der Waals surface area contributed by atoms with Crippen LogP contribution >= 0.6 is 11.6 Å². The first-order chi connectivity index (χ1) is 11.1. The van der Waals surface area contributed by atoms with Gasteiger partial charge in [0.2, 0.25) is 0 Å². The first-order valence-corrected chi connectivity index (χ1v) is 7.50. The lowest BCUT2D eigenvalue weighted by molar-refractivity contribution is -0.118. The van der Waals surface area contributed by atoms with Gasteiger partial charge in [0.15, 0.2) is 18.1 Å². The van der Waals surface area contributed by atoms with Crippen molar-refractivity contribution < 1.29 is 19.0 Å². The zero-order chi connectivity index (χ0) is 16.7. The summed E-state index contributed by atoms with van der Waals surface area (Å²) in [6.07, 6.45) is 0. The Kier molecular flexibility index (Phi) is 6.11. The van der Waals surface area contributed by atoms with Gasteiger partial charge in [-0.05, 0) is 37.3 Å². The fourth-order valence-electron chi connectivity index (χ4n) is 1.93. The van der Waals surface area contributed by atoms with Gasteiger partial charge in [0.25, 0.3) is 5.91 Å². The highest BCUT2D eigenvalue weighted by molar-refractivity contribution is 6.32. The fourth-order valence-corrected chi connectivity index (χ4v) is 2.16. The van der Waals surface area contributed by atoms with Crippen LogP contribution in [0.15, 0.2) is 42.5 Å². The molecule has 0 unspecified atom stereocenters. The quantitative estimate of drug-likeness (QED) is 0.837. The Labute approximate surface area is 140 Å². The normalized spacial score (nSPS) is 10.0. The van der Waals surface area contributed by atoms with Crippen LogP contribution in [-0.2, 0) is 4.79 Å². The topological polar surface area (TPSA) is 56.8 Å². The van der Waals surface area contributed by atoms with Crippen molar-refractivity contribution in [2.24, 2.45) is 0 Å². The third-order valence-corrected chi connectivity index (χ3v) is 3.24. The average molecular weight is 336 g/mol. The monoisotopic (exact) mass is 335 g/mol. The second-order valence-corrected chi connectivity index (χ2v) is 4.97. The summed E-state index contributed by atoms with van der Waals surface area (Å²) in [5, 5.41) is 3.16. The molecule has 0 fully saturated rings. The molecule has 0 aromatic heterocycles. The summed E-state index contributed by atoms with van der Waals surface area (Å²) in [6, 6.07) is 12.2. The molecule has 2 aromatic rings. The standard InChI is InChI=1S/C17H18ClNO4/c1-3-22-14-9-8-12(10-13(14)18)19-17(20)11-23-16-7-5-4-6-15(16)21-2/h4-10H,3,11H2,1-2H3,(H,19,20). The number of benzene rings is 2. The smallest absolute Gasteiger partial charge is 0.262 e. The van der Waals surface area contributed by atoms with E-state index in [0.29, 0.717) is 34.6 Å². The highest BCUT2D eigenvalue weighted by atomic mass is 35.5. The Balaban J connectivity index is 1.93. The van der Waals surface area contributed by atoms with Gasteiger partial charge in [-0.3, -0.25) is 4.79 Å². The molecule has 0 aliphatic rings. The number of hydrogen-bond acceptors (Lipinski definition) is 4. The van der Waals surface area contributed by atoms with Crippen LogP contribution in [-0.4, -0.2) is 26.2 Å². The molecule has 2 aromatic carbocycles. The number of nitrogens with one attached hydrogen (secondary N) is 1. The molecular weight excluding hydrogens is 318 g/mol. The molecule has 6 heteroatoms. The summed E-state index contributed by atoms with van der Waals surface area (Å²) in [4.78, 5) is 12.0. The summed E-state index contributed by atoms with van der Waals surface area (Å²) in [5.74, 6) is 1.37. The van der Waals surface area contributed by atoms with Crippen LogP contribution in [0.5, 0.6) is 17.2 Å². The first-order valence-electron chi connectivity index (χ1n) is 7.12. The lowest BCUT2D eigenvalue weighted by atomic mass is 10.3. The number of amides is 1. The molecule has 0 bridgehead atoms. The second kappa shape index (κ2) is 8.29. The maximum absolute atomic E-state index is 12.0. The molecule has 1 N–H and O–H groups in total. The molecule has 0 atom stereocenters. The van der Waals surface area contributed by atoms with Crippen molar-refractivity contribution in [2.75, 3.05) is 25.6 Å². The third-order valence-electron chi connectivity index (χ3n) is 2.94. The zero-order valence-corrected chi connectivity index (χ0v) is 13.7. The molecule has 0 aliphatic heterocycles. The van der Waals surface area contributed by atoms with Crippen molar-refractivity contribution in [2.45, 2.75) is 6.92 Å². The van der Waals surface area contributed by atoms with E-state index in [1.165, 1.54) is 0 Å². The minimum atomic E-state index is -0.295. The average Bonchev–Trinajstić information content (AvgIpc) is 2.56. The van der Waals surface area contributed by atoms with Gasteiger partial charge in [-0.25, -0.2) is 0 Å². The van der Waals surface area contributed by atoms with E-state index >= 15 is 0 Å². The number of halogens is 1. The minimum absolute atomic E-state index is 0.134. The molecule has 23 heavy (non-hydrogen) atoms. The number of anilines is 1. The Morgan fingerprint density at radius 1 is 1.09 bits per heavy atom. The van der Waals surface area contributed by atoms with Crippen LogP contribution in [0, 0.1) is 0 Å². The van der Waals surface area contributed by atoms with Gasteiger partial charge in [0.05, 0.1) is 18.7 Å². The number of carbonyl (C=O) groups is 1. The van der Waals surface area contributed by atoms with Crippen LogP contribution in [0.4, 0.5) is 5.69 Å². The lowest BCUT2D eigenvalue weighted by Crippen LogP contribution is -2.20. The van der Waals surface area contributed by atoms with E-state index in [-0.39, 0.29) is 12.5 Å². The van der Waals surface area contributed by atoms with Gasteiger partial charge in [-0.15, -0.1) is 0 Å². The predicted octanol–water partition coefficient (Wildman–Crippen LogP) is 3.76. The lowest BCUT2D eigenvalue weighted by Gasteiger charge is -2.11. The second-order valence-electron chi connectivity index (χ2n) is 4.57. The van der Waals surface area contributed by atoms with Gasteiger partial charge in [0.1, 0.15) is 5.75 Å². The van der Waals surface area contributed by atoms with E-state index in [4.69, 9.17) is 25.8 Å². The number of methoxy groups -OCH3 is 1. The third kappa shape index (κ3) is 4.79. The van der Waals surface area contributed by atoms with Gasteiger partial charge in [-0.2, -0.15) is 0 Å². The summed E-state index contributed by atoms with van der Waals surface area (Å²) < 4.78 is 16.0. The van der Waals surface area contributed by atoms with E-state index in [0.717, 1.165) is 0 Å². The van der Waals surface area contributed by atoms with Crippen molar-refractivity contribution in [3.8, 4) is 17.2 Å². The van der Waals surface area contributed by atoms with Crippen LogP contribution in [0.1, 0.15) is 6.92 Å². The summed E-state index contributed by atoms with van der Waals surface area (Å²) in [6.45, 7) is 2.27. The SMILES string of the molecule is CCOc1ccc(NC(=O)COc2ccccc2OC)cc1Cl. The molecule has 0 saturated carbocycles. The van der Waals surface area contributed by atoms with Gasteiger partial charge < -0.3 is 19.5 Å². The van der Waals surface area contributed by atoms with Gasteiger partial charge in [0, 0.05) is 5.69 Å². The van der Waals surface area contributed by atoms with Gasteiger partial charge >= 0.3 is 0 Å². The van der Waals surface area contributed by atoms with E-state index in [1.807, 2.05) is 19.1 Å². The van der Waals surface area contributed by atoms with Gasteiger partial charge in [-0.1, -0.05) is 23.7 Å². The maximum Gasteiger partial charge on any atom is 0.262 e. The Morgan fingerprint density at radius 2 is 1.83 bits per heavy atom. The molecule has 122 valence electrons. The highest BCUT2D eigenvalue weighted by Gasteiger charge is 2.09. The molecular formula is C17H18ClNO4. The number of carbonyl (C=O) groups excluding carboxylic acids is 1. The molecule has 1 amide bonds. The van der Waals surface area contributed by atoms with Crippen molar-refractivity contribution >= 4 is 23.2 Å². The molecule has 2 rings (SSSR count). The van der Waals surface area contributed by atoms with Crippen LogP contribution in [0.25, 0.3) is 0 Å². The predicted molar refractivity (Wildman–Crippen MR) is 89.7 cm³/mol. The molecule has 5 nitrogen and oxygen atoms in total. The Hall–Kier alpha value is -2.40. The molecule has 0 saturated heterocycles. The van der Waals surface area contributed by atoms with Crippen molar-refractivity contribution in [1.29, 1.82) is 0 Å². The van der Waals surface area contributed by atoms with Crippen LogP contribution in [0.2, 0.25) is 5.02 Å². The molecule has 0 heterocycles. The first kappa shape index (κ1) is 17.0. The van der Waals surface area contributed by atoms with Crippen molar-refractivity contribution in [3.05, 3.63) is 47.5 Å². The summed E-state index contributed by atoms with van der Waals surface area (Å²) >= 11 is 6.08. The minimum Gasteiger partial charge on any atom is -0.493 e. The van der Waals surface area contributed by atoms with Crippen LogP contribution in [0.3, 0.4) is 0 Å². The number of ether oxygens (including phenoxy) is 3. The van der Waals surface area contributed by atoms with Crippen molar-refractivity contribution in [3.63, 3.8) is 0 Å². The Bertz CT molecular complexity index is 675. The zero-order valence-electron chi connectivity index (χ0n) is 13.0. The van der Waals surface area contributed by atoms with Crippen molar-refractivity contribution in [1.82, 2.24) is 0 Å². The number of hydrogen-bond donors (Lipinski definition) is 1. The Morgan fingerprint density at radius 3 is 2.48 bits per heavy atom. The fraction of sp³-hybridized carbons (Fsp3) is 0.235. The molecule has 0 radical (unpaired) electrons. The largest absolute Gasteiger partial charge is 0.493 e. The maximum atomic E-state index is 12.0. The highest BCUT2D eigenvalue weighted by Crippen LogP contribution is 2.28. The van der Waals surface area contributed by atoms with E-state index < -0.39 is 0 Å². The summed E-state index contributed by atoms with van der Waals surface area (Å²) in [5.41, 5.74) is 0.576. The van der Waals surface area contributed by atoms with E-state index in [2.05, 4.69) is 5.32 Å². The molecule has 0 spiro atoms. The van der Waals surface area contributed by atoms with Crippen LogP contribution < -0.4 is 19.5 Å². The van der Waals surface area contributed by atoms with E-state index in [1.54, 1.807) is 37.4 Å². The van der Waals surface area contributed by atoms with E-state index in [9.17, 15) is 4.79 Å².